The van der Waals surface area contributed by atoms with Gasteiger partial charge in [0.1, 0.15) is 11.6 Å². The molecule has 0 unspecified atom stereocenters. The highest BCUT2D eigenvalue weighted by Crippen LogP contribution is 2.34. The van der Waals surface area contributed by atoms with Crippen molar-refractivity contribution in [3.8, 4) is 17.6 Å². The van der Waals surface area contributed by atoms with Gasteiger partial charge in [0.05, 0.1) is 19.2 Å². The summed E-state index contributed by atoms with van der Waals surface area (Å²) in [6.45, 7) is 0. The second-order valence-electron chi connectivity index (χ2n) is 4.86. The molecule has 5 nitrogen and oxygen atoms in total. The van der Waals surface area contributed by atoms with E-state index in [1.165, 1.54) is 20.3 Å². The average Bonchev–Trinajstić information content (AvgIpc) is 2.62. The Morgan fingerprint density at radius 1 is 1.20 bits per heavy atom. The number of amides is 1. The molecule has 0 bridgehead atoms. The molecular weight excluding hydrogens is 455 g/mol. The number of methoxy groups -OCH3 is 2. The van der Waals surface area contributed by atoms with Gasteiger partial charge in [-0.3, -0.25) is 4.79 Å². The topological polar surface area (TPSA) is 71.3 Å². The van der Waals surface area contributed by atoms with Crippen LogP contribution in [0.5, 0.6) is 11.5 Å². The lowest BCUT2D eigenvalue weighted by Crippen LogP contribution is -2.13. The molecule has 1 amide bonds. The first kappa shape index (κ1) is 19.1. The highest BCUT2D eigenvalue weighted by Gasteiger charge is 2.13. The molecule has 0 heterocycles. The van der Waals surface area contributed by atoms with E-state index < -0.39 is 5.91 Å². The summed E-state index contributed by atoms with van der Waals surface area (Å²) in [5, 5.41) is 12.3. The minimum absolute atomic E-state index is 0.0762. The Labute approximate surface area is 164 Å². The first-order valence-corrected chi connectivity index (χ1v) is 8.54. The van der Waals surface area contributed by atoms with Crippen molar-refractivity contribution in [2.24, 2.45) is 0 Å². The first-order valence-electron chi connectivity index (χ1n) is 7.08. The Morgan fingerprint density at radius 3 is 2.36 bits per heavy atom. The van der Waals surface area contributed by atoms with E-state index in [4.69, 9.17) is 21.1 Å². The second kappa shape index (κ2) is 8.74. The summed E-state index contributed by atoms with van der Waals surface area (Å²) in [4.78, 5) is 12.3. The SMILES string of the molecule is COc1cc(Cl)c(/C=C(\C#N)C(=O)Nc2ccc(I)cc2)cc1OC. The molecule has 128 valence electrons. The van der Waals surface area contributed by atoms with E-state index in [2.05, 4.69) is 27.9 Å². The number of benzene rings is 2. The van der Waals surface area contributed by atoms with Gasteiger partial charge in [-0.25, -0.2) is 0 Å². The number of anilines is 1. The van der Waals surface area contributed by atoms with E-state index in [0.29, 0.717) is 27.8 Å². The standard InChI is InChI=1S/C18H14ClIN2O3/c1-24-16-8-11(15(19)9-17(16)25-2)7-12(10-21)18(23)22-14-5-3-13(20)4-6-14/h3-9H,1-2H3,(H,22,23)/b12-7+. The normalized spacial score (nSPS) is 10.8. The van der Waals surface area contributed by atoms with E-state index in [0.717, 1.165) is 3.57 Å². The molecule has 0 aliphatic heterocycles. The van der Waals surface area contributed by atoms with Crippen LogP contribution in [0.1, 0.15) is 5.56 Å². The van der Waals surface area contributed by atoms with Gasteiger partial charge in [-0.15, -0.1) is 0 Å². The van der Waals surface area contributed by atoms with E-state index >= 15 is 0 Å². The summed E-state index contributed by atoms with van der Waals surface area (Å²) in [6.07, 6.45) is 1.41. The lowest BCUT2D eigenvalue weighted by atomic mass is 10.1. The predicted octanol–water partition coefficient (Wildman–Crippen LogP) is 4.51. The summed E-state index contributed by atoms with van der Waals surface area (Å²) in [5.41, 5.74) is 1.01. The molecule has 2 aromatic carbocycles. The summed E-state index contributed by atoms with van der Waals surface area (Å²) >= 11 is 8.37. The van der Waals surface area contributed by atoms with Gasteiger partial charge < -0.3 is 14.8 Å². The number of nitrogens with one attached hydrogen (secondary N) is 1. The number of hydrogen-bond acceptors (Lipinski definition) is 4. The van der Waals surface area contributed by atoms with E-state index in [1.54, 1.807) is 24.3 Å². The minimum atomic E-state index is -0.519. The third-order valence-corrected chi connectivity index (χ3v) is 4.32. The van der Waals surface area contributed by atoms with Crippen LogP contribution in [0.3, 0.4) is 0 Å². The van der Waals surface area contributed by atoms with Crippen molar-refractivity contribution in [3.63, 3.8) is 0 Å². The van der Waals surface area contributed by atoms with Crippen LogP contribution in [-0.4, -0.2) is 20.1 Å². The van der Waals surface area contributed by atoms with Crippen LogP contribution in [0, 0.1) is 14.9 Å². The number of hydrogen-bond donors (Lipinski definition) is 1. The quantitative estimate of drug-likeness (QED) is 0.398. The van der Waals surface area contributed by atoms with E-state index in [9.17, 15) is 10.1 Å². The van der Waals surface area contributed by atoms with Crippen molar-refractivity contribution in [2.45, 2.75) is 0 Å². The number of rotatable bonds is 5. The molecule has 0 radical (unpaired) electrons. The van der Waals surface area contributed by atoms with Crippen molar-refractivity contribution >= 4 is 51.9 Å². The monoisotopic (exact) mass is 468 g/mol. The van der Waals surface area contributed by atoms with Gasteiger partial charge >= 0.3 is 0 Å². The Hall–Kier alpha value is -2.24. The number of ether oxygens (including phenoxy) is 2. The average molecular weight is 469 g/mol. The van der Waals surface area contributed by atoms with Crippen LogP contribution in [0.4, 0.5) is 5.69 Å². The predicted molar refractivity (Wildman–Crippen MR) is 106 cm³/mol. The third-order valence-electron chi connectivity index (χ3n) is 3.27. The summed E-state index contributed by atoms with van der Waals surface area (Å²) < 4.78 is 11.4. The minimum Gasteiger partial charge on any atom is -0.493 e. The zero-order valence-corrected chi connectivity index (χ0v) is 16.4. The Bertz CT molecular complexity index is 858. The Balaban J connectivity index is 2.32. The van der Waals surface area contributed by atoms with Crippen molar-refractivity contribution in [1.29, 1.82) is 5.26 Å². The van der Waals surface area contributed by atoms with Crippen LogP contribution < -0.4 is 14.8 Å². The van der Waals surface area contributed by atoms with E-state index in [-0.39, 0.29) is 5.57 Å². The third kappa shape index (κ3) is 4.87. The number of halogens is 2. The van der Waals surface area contributed by atoms with Gasteiger partial charge in [0, 0.05) is 15.3 Å². The highest BCUT2D eigenvalue weighted by atomic mass is 127. The summed E-state index contributed by atoms with van der Waals surface area (Å²) in [6, 6.07) is 12.3. The molecule has 2 aromatic rings. The van der Waals surface area contributed by atoms with Gasteiger partial charge in [-0.1, -0.05) is 11.6 Å². The van der Waals surface area contributed by atoms with Gasteiger partial charge in [0.25, 0.3) is 5.91 Å². The maximum atomic E-state index is 12.3. The van der Waals surface area contributed by atoms with Crippen LogP contribution in [0.25, 0.3) is 6.08 Å². The van der Waals surface area contributed by atoms with Gasteiger partial charge in [-0.2, -0.15) is 5.26 Å². The van der Waals surface area contributed by atoms with Crippen LogP contribution in [-0.2, 0) is 4.79 Å². The zero-order valence-electron chi connectivity index (χ0n) is 13.5. The molecule has 0 aromatic heterocycles. The molecule has 0 atom stereocenters. The maximum Gasteiger partial charge on any atom is 0.266 e. The van der Waals surface area contributed by atoms with Gasteiger partial charge in [0.2, 0.25) is 0 Å². The lowest BCUT2D eigenvalue weighted by molar-refractivity contribution is -0.112. The number of carbonyl (C=O) groups excluding carboxylic acids is 1. The van der Waals surface area contributed by atoms with Crippen LogP contribution in [0.15, 0.2) is 42.0 Å². The molecule has 7 heteroatoms. The Morgan fingerprint density at radius 2 is 1.80 bits per heavy atom. The zero-order chi connectivity index (χ0) is 18.4. The molecule has 0 spiro atoms. The lowest BCUT2D eigenvalue weighted by Gasteiger charge is -2.10. The molecule has 0 saturated carbocycles. The van der Waals surface area contributed by atoms with Crippen molar-refractivity contribution < 1.29 is 14.3 Å². The second-order valence-corrected chi connectivity index (χ2v) is 6.51. The Kier molecular flexibility index (Phi) is 6.67. The molecular formula is C18H14ClIN2O3. The van der Waals surface area contributed by atoms with Gasteiger partial charge in [-0.05, 0) is 64.6 Å². The van der Waals surface area contributed by atoms with Crippen molar-refractivity contribution in [1.82, 2.24) is 0 Å². The molecule has 0 aliphatic carbocycles. The number of carbonyl (C=O) groups is 1. The fraction of sp³-hybridized carbons (Fsp3) is 0.111. The van der Waals surface area contributed by atoms with Crippen molar-refractivity contribution in [3.05, 3.63) is 56.1 Å². The maximum absolute atomic E-state index is 12.3. The fourth-order valence-corrected chi connectivity index (χ4v) is 2.58. The largest absolute Gasteiger partial charge is 0.493 e. The molecule has 1 N–H and O–H groups in total. The fourth-order valence-electron chi connectivity index (χ4n) is 2.02. The molecule has 0 saturated heterocycles. The summed E-state index contributed by atoms with van der Waals surface area (Å²) in [5.74, 6) is 0.398. The smallest absolute Gasteiger partial charge is 0.266 e. The van der Waals surface area contributed by atoms with E-state index in [1.807, 2.05) is 18.2 Å². The number of nitrogens with zero attached hydrogens (tertiary/aromatic N) is 1. The number of nitriles is 1. The molecule has 25 heavy (non-hydrogen) atoms. The molecule has 2 rings (SSSR count). The summed E-state index contributed by atoms with van der Waals surface area (Å²) in [7, 11) is 2.99. The highest BCUT2D eigenvalue weighted by molar-refractivity contribution is 14.1. The molecule has 0 fully saturated rings. The molecule has 0 aliphatic rings. The van der Waals surface area contributed by atoms with Gasteiger partial charge in [0.15, 0.2) is 11.5 Å². The van der Waals surface area contributed by atoms with Crippen LogP contribution >= 0.6 is 34.2 Å². The van der Waals surface area contributed by atoms with Crippen molar-refractivity contribution in [2.75, 3.05) is 19.5 Å². The first-order chi connectivity index (χ1) is 12.0. The van der Waals surface area contributed by atoms with Crippen LogP contribution in [0.2, 0.25) is 5.02 Å².